The highest BCUT2D eigenvalue weighted by molar-refractivity contribution is 5.92. The molecule has 0 unspecified atom stereocenters. The smallest absolute Gasteiger partial charge is 0.337 e. The van der Waals surface area contributed by atoms with Gasteiger partial charge in [0.1, 0.15) is 0 Å². The summed E-state index contributed by atoms with van der Waals surface area (Å²) in [5, 5.41) is 0. The fourth-order valence-corrected chi connectivity index (χ4v) is 0.297. The third-order valence-electron chi connectivity index (χ3n) is 0.947. The molecule has 0 N–H and O–H groups in total. The molecule has 0 fully saturated rings. The number of methoxy groups -OCH3 is 1. The molecular weight excluding hydrogens is 116 g/mol. The molecule has 0 aromatic heterocycles. The predicted octanol–water partition coefficient (Wildman–Crippen LogP) is 1.29. The van der Waals surface area contributed by atoms with E-state index in [1.54, 1.807) is 6.92 Å². The van der Waals surface area contributed by atoms with Gasteiger partial charge < -0.3 is 4.74 Å². The Bertz CT molecular complexity index is 156. The molecule has 50 valence electrons. The Morgan fingerprint density at radius 2 is 1.89 bits per heavy atom. The SMILES string of the molecule is C=C(C)C(=C)C(=O)OC. The first-order valence-electron chi connectivity index (χ1n) is 2.52. The second-order valence-corrected chi connectivity index (χ2v) is 1.75. The van der Waals surface area contributed by atoms with Gasteiger partial charge in [-0.1, -0.05) is 13.2 Å². The van der Waals surface area contributed by atoms with Crippen molar-refractivity contribution < 1.29 is 9.53 Å². The number of carbonyl (C=O) groups is 1. The van der Waals surface area contributed by atoms with Crippen molar-refractivity contribution in [1.82, 2.24) is 0 Å². The van der Waals surface area contributed by atoms with Gasteiger partial charge in [-0.2, -0.15) is 0 Å². The normalized spacial score (nSPS) is 8.22. The van der Waals surface area contributed by atoms with Crippen LogP contribution in [0.25, 0.3) is 0 Å². The molecule has 0 bridgehead atoms. The van der Waals surface area contributed by atoms with E-state index >= 15 is 0 Å². The molecule has 0 saturated carbocycles. The van der Waals surface area contributed by atoms with Gasteiger partial charge in [0.25, 0.3) is 0 Å². The van der Waals surface area contributed by atoms with E-state index in [4.69, 9.17) is 0 Å². The standard InChI is InChI=1S/C7H10O2/c1-5(2)6(3)7(8)9-4/h1,3H2,2,4H3. The third-order valence-corrected chi connectivity index (χ3v) is 0.947. The summed E-state index contributed by atoms with van der Waals surface area (Å²) in [5.41, 5.74) is 0.972. The van der Waals surface area contributed by atoms with Crippen molar-refractivity contribution in [2.45, 2.75) is 6.92 Å². The Balaban J connectivity index is 4.05. The molecule has 0 aliphatic heterocycles. The quantitative estimate of drug-likeness (QED) is 0.316. The van der Waals surface area contributed by atoms with Gasteiger partial charge in [-0.25, -0.2) is 4.79 Å². The highest BCUT2D eigenvalue weighted by Gasteiger charge is 2.04. The van der Waals surface area contributed by atoms with Gasteiger partial charge in [-0.3, -0.25) is 0 Å². The average Bonchev–Trinajstić information content (AvgIpc) is 1.84. The molecule has 0 atom stereocenters. The highest BCUT2D eigenvalue weighted by Crippen LogP contribution is 2.03. The molecule has 0 radical (unpaired) electrons. The van der Waals surface area contributed by atoms with Gasteiger partial charge in [0, 0.05) is 0 Å². The maximum absolute atomic E-state index is 10.6. The lowest BCUT2D eigenvalue weighted by atomic mass is 10.2. The van der Waals surface area contributed by atoms with Crippen molar-refractivity contribution in [3.8, 4) is 0 Å². The van der Waals surface area contributed by atoms with Gasteiger partial charge in [0.15, 0.2) is 0 Å². The number of esters is 1. The van der Waals surface area contributed by atoms with Crippen molar-refractivity contribution in [1.29, 1.82) is 0 Å². The second kappa shape index (κ2) is 3.07. The van der Waals surface area contributed by atoms with Crippen LogP contribution in [0.4, 0.5) is 0 Å². The zero-order chi connectivity index (χ0) is 7.44. The van der Waals surface area contributed by atoms with Crippen molar-refractivity contribution >= 4 is 5.97 Å². The van der Waals surface area contributed by atoms with E-state index in [0.29, 0.717) is 11.1 Å². The van der Waals surface area contributed by atoms with E-state index < -0.39 is 5.97 Å². The van der Waals surface area contributed by atoms with Crippen molar-refractivity contribution in [3.63, 3.8) is 0 Å². The van der Waals surface area contributed by atoms with E-state index in [-0.39, 0.29) is 0 Å². The van der Waals surface area contributed by atoms with Gasteiger partial charge >= 0.3 is 5.97 Å². The first-order valence-corrected chi connectivity index (χ1v) is 2.52. The van der Waals surface area contributed by atoms with Gasteiger partial charge in [0.2, 0.25) is 0 Å². The van der Waals surface area contributed by atoms with Crippen molar-refractivity contribution in [2.75, 3.05) is 7.11 Å². The summed E-state index contributed by atoms with van der Waals surface area (Å²) in [6.45, 7) is 8.68. The van der Waals surface area contributed by atoms with Gasteiger partial charge in [-0.15, -0.1) is 0 Å². The Morgan fingerprint density at radius 1 is 1.44 bits per heavy atom. The minimum Gasteiger partial charge on any atom is -0.465 e. The van der Waals surface area contributed by atoms with Crippen molar-refractivity contribution in [2.24, 2.45) is 0 Å². The molecule has 0 spiro atoms. The van der Waals surface area contributed by atoms with E-state index in [1.165, 1.54) is 7.11 Å². The van der Waals surface area contributed by atoms with Gasteiger partial charge in [-0.05, 0) is 12.5 Å². The van der Waals surface area contributed by atoms with Crippen LogP contribution in [0.15, 0.2) is 24.3 Å². The van der Waals surface area contributed by atoms with Gasteiger partial charge in [0.05, 0.1) is 12.7 Å². The molecule has 0 rings (SSSR count). The number of rotatable bonds is 2. The lowest BCUT2D eigenvalue weighted by Gasteiger charge is -1.99. The Labute approximate surface area is 54.8 Å². The number of carbonyl (C=O) groups excluding carboxylic acids is 1. The van der Waals surface area contributed by atoms with E-state index in [1.807, 2.05) is 0 Å². The van der Waals surface area contributed by atoms with Crippen LogP contribution in [0.2, 0.25) is 0 Å². The maximum atomic E-state index is 10.6. The summed E-state index contributed by atoms with van der Waals surface area (Å²) in [6.07, 6.45) is 0. The highest BCUT2D eigenvalue weighted by atomic mass is 16.5. The average molecular weight is 126 g/mol. The van der Waals surface area contributed by atoms with Crippen LogP contribution < -0.4 is 0 Å². The summed E-state index contributed by atoms with van der Waals surface area (Å²) in [7, 11) is 1.32. The molecule has 0 amide bonds. The molecule has 0 aliphatic carbocycles. The largest absolute Gasteiger partial charge is 0.465 e. The number of hydrogen-bond donors (Lipinski definition) is 0. The first kappa shape index (κ1) is 7.95. The van der Waals surface area contributed by atoms with Crippen LogP contribution in [0.1, 0.15) is 6.92 Å². The summed E-state index contributed by atoms with van der Waals surface area (Å²) < 4.78 is 4.37. The molecule has 0 heterocycles. The third kappa shape index (κ3) is 2.13. The summed E-state index contributed by atoms with van der Waals surface area (Å²) >= 11 is 0. The monoisotopic (exact) mass is 126 g/mol. The second-order valence-electron chi connectivity index (χ2n) is 1.75. The molecular formula is C7H10O2. The molecule has 0 aliphatic rings. The van der Waals surface area contributed by atoms with E-state index in [2.05, 4.69) is 17.9 Å². The molecule has 2 heteroatoms. The van der Waals surface area contributed by atoms with Crippen LogP contribution in [-0.2, 0) is 9.53 Å². The summed E-state index contributed by atoms with van der Waals surface area (Å²) in [5.74, 6) is -0.414. The molecule has 0 aromatic rings. The topological polar surface area (TPSA) is 26.3 Å². The maximum Gasteiger partial charge on any atom is 0.337 e. The van der Waals surface area contributed by atoms with Crippen LogP contribution in [0, 0.1) is 0 Å². The zero-order valence-corrected chi connectivity index (χ0v) is 5.73. The molecule has 0 aromatic carbocycles. The van der Waals surface area contributed by atoms with Crippen LogP contribution >= 0.6 is 0 Å². The summed E-state index contributed by atoms with van der Waals surface area (Å²) in [4.78, 5) is 10.6. The fraction of sp³-hybridized carbons (Fsp3) is 0.286. The molecule has 0 saturated heterocycles. The van der Waals surface area contributed by atoms with Crippen LogP contribution in [0.5, 0.6) is 0 Å². The lowest BCUT2D eigenvalue weighted by Crippen LogP contribution is -2.03. The minimum absolute atomic E-state index is 0.331. The minimum atomic E-state index is -0.414. The molecule has 2 nitrogen and oxygen atoms in total. The van der Waals surface area contributed by atoms with Crippen LogP contribution in [0.3, 0.4) is 0 Å². The first-order chi connectivity index (χ1) is 4.09. The van der Waals surface area contributed by atoms with E-state index in [9.17, 15) is 4.79 Å². The van der Waals surface area contributed by atoms with Crippen molar-refractivity contribution in [3.05, 3.63) is 24.3 Å². The Kier molecular flexibility index (Phi) is 2.71. The zero-order valence-electron chi connectivity index (χ0n) is 5.73. The fourth-order valence-electron chi connectivity index (χ4n) is 0.297. The van der Waals surface area contributed by atoms with Crippen LogP contribution in [-0.4, -0.2) is 13.1 Å². The summed E-state index contributed by atoms with van der Waals surface area (Å²) in [6, 6.07) is 0. The number of ether oxygens (including phenoxy) is 1. The predicted molar refractivity (Wildman–Crippen MR) is 36.0 cm³/mol. The lowest BCUT2D eigenvalue weighted by molar-refractivity contribution is -0.135. The van der Waals surface area contributed by atoms with E-state index in [0.717, 1.165) is 0 Å². The number of hydrogen-bond acceptors (Lipinski definition) is 2. The molecule has 9 heavy (non-hydrogen) atoms. The Morgan fingerprint density at radius 3 is 2.00 bits per heavy atom. The Hall–Kier alpha value is -1.05.